The Labute approximate surface area is 131 Å². The maximum Gasteiger partial charge on any atom is 0.130 e. The molecular weight excluding hydrogens is 272 g/mol. The monoisotopic (exact) mass is 290 g/mol. The molecule has 3 heteroatoms. The average molecular weight is 290 g/mol. The van der Waals surface area contributed by atoms with Crippen LogP contribution in [-0.4, -0.2) is 0 Å². The lowest BCUT2D eigenvalue weighted by atomic mass is 9.90. The largest absolute Gasteiger partial charge is 0.457 e. The molecule has 1 atom stereocenters. The molecule has 0 fully saturated rings. The molecule has 0 aliphatic carbocycles. The summed E-state index contributed by atoms with van der Waals surface area (Å²) in [6, 6.07) is 16.9. The molecule has 1 unspecified atom stereocenters. The Morgan fingerprint density at radius 3 is 2.23 bits per heavy atom. The van der Waals surface area contributed by atoms with Crippen LogP contribution in [0.2, 0.25) is 0 Å². The minimum atomic E-state index is 0.328. The summed E-state index contributed by atoms with van der Waals surface area (Å²) in [5.41, 5.74) is 1.83. The lowest BCUT2D eigenvalue weighted by Gasteiger charge is -2.19. The van der Waals surface area contributed by atoms with Gasteiger partial charge in [-0.05, 0) is 41.7 Å². The number of hydrogen-bond donors (Lipinski definition) is 0. The van der Waals surface area contributed by atoms with E-state index < -0.39 is 0 Å². The molecule has 2 aromatic rings. The summed E-state index contributed by atoms with van der Waals surface area (Å²) in [5, 5.41) is 18.1. The van der Waals surface area contributed by atoms with E-state index in [-0.39, 0.29) is 0 Å². The normalized spacial score (nSPS) is 11.5. The van der Waals surface area contributed by atoms with Crippen molar-refractivity contribution in [3.8, 4) is 23.6 Å². The minimum Gasteiger partial charge on any atom is -0.457 e. The van der Waals surface area contributed by atoms with Crippen LogP contribution in [0, 0.1) is 28.6 Å². The number of rotatable bonds is 4. The minimum absolute atomic E-state index is 0.328. The highest BCUT2D eigenvalue weighted by molar-refractivity contribution is 5.50. The van der Waals surface area contributed by atoms with Gasteiger partial charge in [0, 0.05) is 0 Å². The van der Waals surface area contributed by atoms with Gasteiger partial charge in [-0.15, -0.1) is 0 Å². The van der Waals surface area contributed by atoms with Crippen molar-refractivity contribution < 1.29 is 4.74 Å². The van der Waals surface area contributed by atoms with Gasteiger partial charge in [0.25, 0.3) is 0 Å². The molecule has 0 aliphatic rings. The summed E-state index contributed by atoms with van der Waals surface area (Å²) in [5.74, 6) is 2.22. The van der Waals surface area contributed by atoms with Gasteiger partial charge < -0.3 is 4.74 Å². The number of benzene rings is 2. The second-order valence-corrected chi connectivity index (χ2v) is 5.60. The SMILES string of the molecule is CC(C)C(C)c1ccccc1Oc1ccc(C#N)c(C#N)c1. The number of nitriles is 2. The molecule has 2 aromatic carbocycles. The fourth-order valence-electron chi connectivity index (χ4n) is 2.21. The first-order valence-electron chi connectivity index (χ1n) is 7.27. The van der Waals surface area contributed by atoms with Gasteiger partial charge in [0.05, 0.1) is 11.1 Å². The first-order chi connectivity index (χ1) is 10.6. The predicted octanol–water partition coefficient (Wildman–Crippen LogP) is 4.98. The zero-order valence-corrected chi connectivity index (χ0v) is 13.0. The highest BCUT2D eigenvalue weighted by Crippen LogP contribution is 2.34. The van der Waals surface area contributed by atoms with Gasteiger partial charge in [0.2, 0.25) is 0 Å². The van der Waals surface area contributed by atoms with E-state index in [1.807, 2.05) is 30.3 Å². The molecule has 0 spiro atoms. The lowest BCUT2D eigenvalue weighted by Crippen LogP contribution is -2.04. The van der Waals surface area contributed by atoms with Crippen molar-refractivity contribution in [3.05, 3.63) is 59.2 Å². The van der Waals surface area contributed by atoms with Gasteiger partial charge in [-0.25, -0.2) is 0 Å². The Kier molecular flexibility index (Phi) is 4.81. The van der Waals surface area contributed by atoms with Gasteiger partial charge in [-0.2, -0.15) is 10.5 Å². The molecule has 0 heterocycles. The van der Waals surface area contributed by atoms with Crippen molar-refractivity contribution >= 4 is 0 Å². The van der Waals surface area contributed by atoms with Crippen LogP contribution in [0.5, 0.6) is 11.5 Å². The average Bonchev–Trinajstić information content (AvgIpc) is 2.54. The van der Waals surface area contributed by atoms with Crippen LogP contribution in [0.4, 0.5) is 0 Å². The molecule has 3 nitrogen and oxygen atoms in total. The summed E-state index contributed by atoms with van der Waals surface area (Å²) in [6.07, 6.45) is 0. The van der Waals surface area contributed by atoms with E-state index in [1.165, 1.54) is 0 Å². The van der Waals surface area contributed by atoms with E-state index in [2.05, 4.69) is 26.8 Å². The molecule has 110 valence electrons. The second-order valence-electron chi connectivity index (χ2n) is 5.60. The van der Waals surface area contributed by atoms with Crippen molar-refractivity contribution in [3.63, 3.8) is 0 Å². The van der Waals surface area contributed by atoms with Gasteiger partial charge in [0.15, 0.2) is 0 Å². The third kappa shape index (κ3) is 3.27. The molecule has 0 amide bonds. The smallest absolute Gasteiger partial charge is 0.130 e. The standard InChI is InChI=1S/C19H18N2O/c1-13(2)14(3)18-6-4-5-7-19(18)22-17-9-8-15(11-20)16(10-17)12-21/h4-10,13-14H,1-3H3. The Morgan fingerprint density at radius 1 is 0.909 bits per heavy atom. The molecule has 0 N–H and O–H groups in total. The van der Waals surface area contributed by atoms with Crippen LogP contribution in [0.3, 0.4) is 0 Å². The molecule has 22 heavy (non-hydrogen) atoms. The van der Waals surface area contributed by atoms with E-state index in [4.69, 9.17) is 15.3 Å². The topological polar surface area (TPSA) is 56.8 Å². The summed E-state index contributed by atoms with van der Waals surface area (Å²) in [4.78, 5) is 0. The first-order valence-corrected chi connectivity index (χ1v) is 7.27. The van der Waals surface area contributed by atoms with Gasteiger partial charge in [-0.1, -0.05) is 39.0 Å². The Morgan fingerprint density at radius 2 is 1.59 bits per heavy atom. The number of nitrogens with zero attached hydrogens (tertiary/aromatic N) is 2. The van der Waals surface area contributed by atoms with E-state index >= 15 is 0 Å². The first kappa shape index (κ1) is 15.6. The van der Waals surface area contributed by atoms with E-state index in [0.717, 1.165) is 11.3 Å². The zero-order valence-electron chi connectivity index (χ0n) is 13.0. The lowest BCUT2D eigenvalue weighted by molar-refractivity contribution is 0.453. The molecular formula is C19H18N2O. The summed E-state index contributed by atoms with van der Waals surface area (Å²) >= 11 is 0. The fourth-order valence-corrected chi connectivity index (χ4v) is 2.21. The molecule has 0 aliphatic heterocycles. The Bertz CT molecular complexity index is 751. The molecule has 0 saturated carbocycles. The van der Waals surface area contributed by atoms with Crippen LogP contribution < -0.4 is 4.74 Å². The Hall–Kier alpha value is -2.78. The van der Waals surface area contributed by atoms with Crippen LogP contribution in [0.1, 0.15) is 43.4 Å². The van der Waals surface area contributed by atoms with Crippen molar-refractivity contribution in [2.24, 2.45) is 5.92 Å². The maximum atomic E-state index is 9.10. The number of ether oxygens (including phenoxy) is 1. The van der Waals surface area contributed by atoms with Crippen LogP contribution in [0.15, 0.2) is 42.5 Å². The predicted molar refractivity (Wildman–Crippen MR) is 85.6 cm³/mol. The van der Waals surface area contributed by atoms with Gasteiger partial charge >= 0.3 is 0 Å². The van der Waals surface area contributed by atoms with Crippen LogP contribution in [0.25, 0.3) is 0 Å². The van der Waals surface area contributed by atoms with Crippen LogP contribution >= 0.6 is 0 Å². The highest BCUT2D eigenvalue weighted by Gasteiger charge is 2.15. The summed E-state index contributed by atoms with van der Waals surface area (Å²) in [7, 11) is 0. The molecule has 0 bridgehead atoms. The van der Waals surface area contributed by atoms with Crippen molar-refractivity contribution in [1.82, 2.24) is 0 Å². The molecule has 0 radical (unpaired) electrons. The quantitative estimate of drug-likeness (QED) is 0.797. The van der Waals surface area contributed by atoms with Crippen molar-refractivity contribution in [2.45, 2.75) is 26.7 Å². The second kappa shape index (κ2) is 6.78. The van der Waals surface area contributed by atoms with Crippen LogP contribution in [-0.2, 0) is 0 Å². The molecule has 0 saturated heterocycles. The van der Waals surface area contributed by atoms with E-state index in [0.29, 0.717) is 28.7 Å². The maximum absolute atomic E-state index is 9.10. The third-order valence-corrected chi connectivity index (χ3v) is 3.87. The van der Waals surface area contributed by atoms with E-state index in [9.17, 15) is 0 Å². The fraction of sp³-hybridized carbons (Fsp3) is 0.263. The van der Waals surface area contributed by atoms with Crippen molar-refractivity contribution in [1.29, 1.82) is 10.5 Å². The summed E-state index contributed by atoms with van der Waals surface area (Å²) < 4.78 is 5.96. The third-order valence-electron chi connectivity index (χ3n) is 3.87. The highest BCUT2D eigenvalue weighted by atomic mass is 16.5. The van der Waals surface area contributed by atoms with Crippen molar-refractivity contribution in [2.75, 3.05) is 0 Å². The Balaban J connectivity index is 2.37. The number of hydrogen-bond acceptors (Lipinski definition) is 3. The molecule has 0 aromatic heterocycles. The van der Waals surface area contributed by atoms with E-state index in [1.54, 1.807) is 18.2 Å². The zero-order chi connectivity index (χ0) is 16.1. The van der Waals surface area contributed by atoms with Gasteiger partial charge in [0.1, 0.15) is 23.6 Å². The summed E-state index contributed by atoms with van der Waals surface area (Å²) in [6.45, 7) is 6.53. The molecule has 2 rings (SSSR count). The van der Waals surface area contributed by atoms with Gasteiger partial charge in [-0.3, -0.25) is 0 Å². The number of para-hydroxylation sites is 1.